The van der Waals surface area contributed by atoms with Gasteiger partial charge in [-0.15, -0.1) is 0 Å². The van der Waals surface area contributed by atoms with E-state index < -0.39 is 0 Å². The van der Waals surface area contributed by atoms with Gasteiger partial charge in [0.15, 0.2) is 0 Å². The Morgan fingerprint density at radius 2 is 2.10 bits per heavy atom. The minimum Gasteiger partial charge on any atom is -0.329 e. The lowest BCUT2D eigenvalue weighted by molar-refractivity contribution is 0.0366. The molecule has 1 aromatic rings. The molecule has 0 saturated heterocycles. The summed E-state index contributed by atoms with van der Waals surface area (Å²) in [6.45, 7) is 9.77. The highest BCUT2D eigenvalue weighted by molar-refractivity contribution is 5.25. The van der Waals surface area contributed by atoms with Crippen LogP contribution in [0.5, 0.6) is 0 Å². The molecule has 1 aliphatic carbocycles. The largest absolute Gasteiger partial charge is 0.329 e. The van der Waals surface area contributed by atoms with Crippen LogP contribution in [0.25, 0.3) is 0 Å². The number of benzene rings is 1. The van der Waals surface area contributed by atoms with Crippen LogP contribution in [0.2, 0.25) is 0 Å². The van der Waals surface area contributed by atoms with E-state index in [2.05, 4.69) is 49.9 Å². The first kappa shape index (κ1) is 15.5. The summed E-state index contributed by atoms with van der Waals surface area (Å²) < 4.78 is 0. The molecule has 1 fully saturated rings. The second-order valence-electron chi connectivity index (χ2n) is 6.57. The van der Waals surface area contributed by atoms with Gasteiger partial charge < -0.3 is 5.73 Å². The fourth-order valence-electron chi connectivity index (χ4n) is 3.84. The molecule has 1 saturated carbocycles. The number of nitrogens with zero attached hydrogens (tertiary/aromatic N) is 1. The van der Waals surface area contributed by atoms with Crippen LogP contribution in [0.3, 0.4) is 0 Å². The number of hydrogen-bond acceptors (Lipinski definition) is 2. The van der Waals surface area contributed by atoms with Gasteiger partial charge in [-0.3, -0.25) is 4.90 Å². The zero-order valence-corrected chi connectivity index (χ0v) is 13.4. The molecule has 2 nitrogen and oxygen atoms in total. The summed E-state index contributed by atoms with van der Waals surface area (Å²) in [4.78, 5) is 2.63. The topological polar surface area (TPSA) is 29.3 Å². The quantitative estimate of drug-likeness (QED) is 0.886. The van der Waals surface area contributed by atoms with Crippen LogP contribution in [0.15, 0.2) is 24.3 Å². The molecule has 0 aliphatic heterocycles. The minimum absolute atomic E-state index is 0.217. The van der Waals surface area contributed by atoms with Crippen LogP contribution in [-0.4, -0.2) is 23.5 Å². The maximum Gasteiger partial charge on any atom is 0.0337 e. The van der Waals surface area contributed by atoms with E-state index in [1.54, 1.807) is 0 Å². The lowest BCUT2D eigenvalue weighted by atomic mass is 9.75. The third-order valence-electron chi connectivity index (χ3n) is 5.12. The molecular weight excluding hydrogens is 244 g/mol. The molecule has 112 valence electrons. The predicted molar refractivity (Wildman–Crippen MR) is 86.7 cm³/mol. The molecule has 0 radical (unpaired) electrons. The third kappa shape index (κ3) is 3.24. The van der Waals surface area contributed by atoms with Gasteiger partial charge in [0.05, 0.1) is 0 Å². The SMILES string of the molecule is CCN(Cc1ccccc1C)C1(CN)CCCC(C)C1. The van der Waals surface area contributed by atoms with Crippen molar-refractivity contribution in [3.63, 3.8) is 0 Å². The second kappa shape index (κ2) is 6.73. The molecule has 1 aromatic carbocycles. The van der Waals surface area contributed by atoms with Crippen molar-refractivity contribution in [2.45, 2.75) is 58.5 Å². The number of likely N-dealkylation sites (N-methyl/N-ethyl adjacent to an activating group) is 1. The van der Waals surface area contributed by atoms with E-state index in [-0.39, 0.29) is 5.54 Å². The molecule has 2 atom stereocenters. The average molecular weight is 274 g/mol. The van der Waals surface area contributed by atoms with Gasteiger partial charge in [-0.25, -0.2) is 0 Å². The van der Waals surface area contributed by atoms with Gasteiger partial charge in [0.25, 0.3) is 0 Å². The smallest absolute Gasteiger partial charge is 0.0337 e. The normalized spacial score (nSPS) is 26.9. The third-order valence-corrected chi connectivity index (χ3v) is 5.12. The highest BCUT2D eigenvalue weighted by Gasteiger charge is 2.38. The Labute approximate surface area is 124 Å². The van der Waals surface area contributed by atoms with E-state index in [1.165, 1.54) is 36.8 Å². The standard InChI is InChI=1S/C18H30N2/c1-4-20(13-17-10-6-5-9-16(17)3)18(14-19)11-7-8-15(2)12-18/h5-6,9-10,15H,4,7-8,11-14,19H2,1-3H3. The molecular formula is C18H30N2. The Kier molecular flexibility index (Phi) is 5.22. The van der Waals surface area contributed by atoms with E-state index in [0.29, 0.717) is 0 Å². The van der Waals surface area contributed by atoms with Crippen molar-refractivity contribution in [3.05, 3.63) is 35.4 Å². The fraction of sp³-hybridized carbons (Fsp3) is 0.667. The number of hydrogen-bond donors (Lipinski definition) is 1. The van der Waals surface area contributed by atoms with E-state index in [4.69, 9.17) is 5.73 Å². The van der Waals surface area contributed by atoms with Crippen LogP contribution in [0, 0.1) is 12.8 Å². The minimum atomic E-state index is 0.217. The van der Waals surface area contributed by atoms with Crippen molar-refractivity contribution in [1.29, 1.82) is 0 Å². The van der Waals surface area contributed by atoms with E-state index in [9.17, 15) is 0 Å². The van der Waals surface area contributed by atoms with Crippen LogP contribution < -0.4 is 5.73 Å². The van der Waals surface area contributed by atoms with Crippen LogP contribution in [0.4, 0.5) is 0 Å². The summed E-state index contributed by atoms with van der Waals surface area (Å²) >= 11 is 0. The maximum absolute atomic E-state index is 6.23. The van der Waals surface area contributed by atoms with Crippen LogP contribution in [-0.2, 0) is 6.54 Å². The van der Waals surface area contributed by atoms with Gasteiger partial charge in [-0.05, 0) is 43.4 Å². The lowest BCUT2D eigenvalue weighted by Gasteiger charge is -2.47. The first-order valence-electron chi connectivity index (χ1n) is 8.11. The molecule has 0 amide bonds. The summed E-state index contributed by atoms with van der Waals surface area (Å²) in [6, 6.07) is 8.74. The predicted octanol–water partition coefficient (Wildman–Crippen LogP) is 3.72. The molecule has 0 bridgehead atoms. The lowest BCUT2D eigenvalue weighted by Crippen LogP contribution is -2.55. The maximum atomic E-state index is 6.23. The van der Waals surface area contributed by atoms with E-state index in [1.807, 2.05) is 0 Å². The van der Waals surface area contributed by atoms with Gasteiger partial charge in [0, 0.05) is 18.6 Å². The summed E-state index contributed by atoms with van der Waals surface area (Å²) in [7, 11) is 0. The van der Waals surface area contributed by atoms with Gasteiger partial charge in [0.2, 0.25) is 0 Å². The van der Waals surface area contributed by atoms with Crippen LogP contribution >= 0.6 is 0 Å². The van der Waals surface area contributed by atoms with Gasteiger partial charge in [-0.2, -0.15) is 0 Å². The van der Waals surface area contributed by atoms with E-state index in [0.717, 1.165) is 25.6 Å². The number of rotatable bonds is 5. The van der Waals surface area contributed by atoms with Gasteiger partial charge in [-0.1, -0.05) is 51.0 Å². The average Bonchev–Trinajstić information content (AvgIpc) is 2.46. The Morgan fingerprint density at radius 3 is 2.70 bits per heavy atom. The van der Waals surface area contributed by atoms with Crippen molar-refractivity contribution < 1.29 is 0 Å². The number of nitrogens with two attached hydrogens (primary N) is 1. The Hall–Kier alpha value is -0.860. The summed E-state index contributed by atoms with van der Waals surface area (Å²) in [6.07, 6.45) is 5.20. The molecule has 2 rings (SSSR count). The van der Waals surface area contributed by atoms with Crippen LogP contribution in [0.1, 0.15) is 50.7 Å². The van der Waals surface area contributed by atoms with E-state index >= 15 is 0 Å². The molecule has 1 aliphatic rings. The Bertz CT molecular complexity index is 429. The zero-order chi connectivity index (χ0) is 14.6. The van der Waals surface area contributed by atoms with Crippen molar-refractivity contribution in [3.8, 4) is 0 Å². The molecule has 2 unspecified atom stereocenters. The van der Waals surface area contributed by atoms with Gasteiger partial charge in [0.1, 0.15) is 0 Å². The molecule has 2 heteroatoms. The Balaban J connectivity index is 2.19. The number of aryl methyl sites for hydroxylation is 1. The summed E-state index contributed by atoms with van der Waals surface area (Å²) in [5, 5.41) is 0. The van der Waals surface area contributed by atoms with Crippen molar-refractivity contribution in [2.24, 2.45) is 11.7 Å². The van der Waals surface area contributed by atoms with Crippen molar-refractivity contribution in [1.82, 2.24) is 4.90 Å². The molecule has 0 heterocycles. The van der Waals surface area contributed by atoms with Gasteiger partial charge >= 0.3 is 0 Å². The van der Waals surface area contributed by atoms with Crippen molar-refractivity contribution in [2.75, 3.05) is 13.1 Å². The molecule has 2 N–H and O–H groups in total. The monoisotopic (exact) mass is 274 g/mol. The molecule has 0 spiro atoms. The highest BCUT2D eigenvalue weighted by Crippen LogP contribution is 2.37. The Morgan fingerprint density at radius 1 is 1.35 bits per heavy atom. The highest BCUT2D eigenvalue weighted by atomic mass is 15.2. The second-order valence-corrected chi connectivity index (χ2v) is 6.57. The summed E-state index contributed by atoms with van der Waals surface area (Å²) in [5.41, 5.74) is 9.28. The molecule has 0 aromatic heterocycles. The van der Waals surface area contributed by atoms with Crippen molar-refractivity contribution >= 4 is 0 Å². The zero-order valence-electron chi connectivity index (χ0n) is 13.4. The first-order valence-corrected chi connectivity index (χ1v) is 8.11. The fourth-order valence-corrected chi connectivity index (χ4v) is 3.84. The summed E-state index contributed by atoms with van der Waals surface area (Å²) in [5.74, 6) is 0.804. The first-order chi connectivity index (χ1) is 9.61. The molecule has 20 heavy (non-hydrogen) atoms.